The molecule has 2 fully saturated rings. The number of aliphatic hydroxyl groups is 1. The standard InChI is InChI=1S/C17H24N2O4/c1-17(2)22-14-12(20)10-19(9-11-7-5-4-6-8-11)13(15(14)23-17)16(21)18-3/h4-8,12-15,20H,9-10H2,1-3H3,(H,18,21). The third-order valence-corrected chi connectivity index (χ3v) is 4.41. The second-order valence-corrected chi connectivity index (χ2v) is 6.61. The van der Waals surface area contributed by atoms with E-state index >= 15 is 0 Å². The highest BCUT2D eigenvalue weighted by molar-refractivity contribution is 5.82. The van der Waals surface area contributed by atoms with Crippen molar-refractivity contribution in [3.63, 3.8) is 0 Å². The van der Waals surface area contributed by atoms with Crippen LogP contribution in [0.2, 0.25) is 0 Å². The van der Waals surface area contributed by atoms with Crippen molar-refractivity contribution in [2.45, 2.75) is 50.5 Å². The monoisotopic (exact) mass is 320 g/mol. The van der Waals surface area contributed by atoms with E-state index in [-0.39, 0.29) is 5.91 Å². The molecule has 6 heteroatoms. The van der Waals surface area contributed by atoms with E-state index in [9.17, 15) is 9.90 Å². The van der Waals surface area contributed by atoms with Crippen molar-refractivity contribution in [1.82, 2.24) is 10.2 Å². The minimum Gasteiger partial charge on any atom is -0.389 e. The number of likely N-dealkylation sites (tertiary alicyclic amines) is 1. The van der Waals surface area contributed by atoms with Crippen LogP contribution in [0.4, 0.5) is 0 Å². The summed E-state index contributed by atoms with van der Waals surface area (Å²) >= 11 is 0. The average Bonchev–Trinajstić information content (AvgIpc) is 2.84. The number of fused-ring (bicyclic) bond motifs is 1. The maximum Gasteiger partial charge on any atom is 0.239 e. The molecule has 4 unspecified atom stereocenters. The van der Waals surface area contributed by atoms with E-state index < -0.39 is 30.1 Å². The Morgan fingerprint density at radius 1 is 1.30 bits per heavy atom. The second kappa shape index (κ2) is 6.20. The Kier molecular flexibility index (Phi) is 4.42. The van der Waals surface area contributed by atoms with Crippen LogP contribution in [0.15, 0.2) is 30.3 Å². The normalized spacial score (nSPS) is 33.2. The largest absolute Gasteiger partial charge is 0.389 e. The molecule has 4 atom stereocenters. The fourth-order valence-electron chi connectivity index (χ4n) is 3.47. The number of benzene rings is 1. The molecule has 1 amide bonds. The molecule has 0 saturated carbocycles. The fraction of sp³-hybridized carbons (Fsp3) is 0.588. The molecule has 0 aromatic heterocycles. The number of hydrogen-bond acceptors (Lipinski definition) is 5. The van der Waals surface area contributed by atoms with E-state index in [0.29, 0.717) is 13.1 Å². The number of rotatable bonds is 3. The van der Waals surface area contributed by atoms with Gasteiger partial charge in [-0.2, -0.15) is 0 Å². The Balaban J connectivity index is 1.87. The molecule has 126 valence electrons. The first kappa shape index (κ1) is 16.4. The van der Waals surface area contributed by atoms with Gasteiger partial charge in [-0.3, -0.25) is 9.69 Å². The van der Waals surface area contributed by atoms with E-state index in [2.05, 4.69) is 5.32 Å². The highest BCUT2D eigenvalue weighted by Gasteiger charge is 2.55. The van der Waals surface area contributed by atoms with Crippen LogP contribution in [0.5, 0.6) is 0 Å². The SMILES string of the molecule is CNC(=O)C1C2OC(C)(C)OC2C(O)CN1Cc1ccccc1. The van der Waals surface area contributed by atoms with Gasteiger partial charge in [0.25, 0.3) is 0 Å². The Morgan fingerprint density at radius 2 is 1.96 bits per heavy atom. The number of hydrogen-bond donors (Lipinski definition) is 2. The van der Waals surface area contributed by atoms with E-state index in [1.54, 1.807) is 20.9 Å². The lowest BCUT2D eigenvalue weighted by Crippen LogP contribution is -2.64. The summed E-state index contributed by atoms with van der Waals surface area (Å²) in [5.74, 6) is -0.921. The molecular weight excluding hydrogens is 296 g/mol. The van der Waals surface area contributed by atoms with Gasteiger partial charge in [0.15, 0.2) is 5.79 Å². The van der Waals surface area contributed by atoms with Crippen molar-refractivity contribution in [2.75, 3.05) is 13.6 Å². The summed E-state index contributed by atoms with van der Waals surface area (Å²) in [6.45, 7) is 4.55. The molecule has 23 heavy (non-hydrogen) atoms. The smallest absolute Gasteiger partial charge is 0.239 e. The van der Waals surface area contributed by atoms with Crippen LogP contribution in [-0.4, -0.2) is 59.6 Å². The van der Waals surface area contributed by atoms with Crippen molar-refractivity contribution in [3.8, 4) is 0 Å². The number of piperidine rings is 1. The summed E-state index contributed by atoms with van der Waals surface area (Å²) in [5.41, 5.74) is 1.09. The molecule has 2 aliphatic heterocycles. The summed E-state index contributed by atoms with van der Waals surface area (Å²) in [4.78, 5) is 14.4. The topological polar surface area (TPSA) is 71.0 Å². The van der Waals surface area contributed by atoms with Gasteiger partial charge in [0.2, 0.25) is 5.91 Å². The summed E-state index contributed by atoms with van der Waals surface area (Å²) in [7, 11) is 1.62. The number of aliphatic hydroxyl groups excluding tert-OH is 1. The van der Waals surface area contributed by atoms with Gasteiger partial charge in [-0.15, -0.1) is 0 Å². The molecule has 1 aromatic rings. The number of nitrogens with one attached hydrogen (secondary N) is 1. The predicted molar refractivity (Wildman–Crippen MR) is 84.5 cm³/mol. The van der Waals surface area contributed by atoms with E-state index in [1.165, 1.54) is 0 Å². The lowest BCUT2D eigenvalue weighted by Gasteiger charge is -2.42. The summed E-state index contributed by atoms with van der Waals surface area (Å²) in [6.07, 6.45) is -1.66. The first-order chi connectivity index (χ1) is 10.9. The van der Waals surface area contributed by atoms with Crippen LogP contribution >= 0.6 is 0 Å². The number of ether oxygens (including phenoxy) is 2. The van der Waals surface area contributed by atoms with Gasteiger partial charge < -0.3 is 19.9 Å². The van der Waals surface area contributed by atoms with Crippen molar-refractivity contribution < 1.29 is 19.4 Å². The van der Waals surface area contributed by atoms with E-state index in [1.807, 2.05) is 35.2 Å². The number of β-amino-alcohol motifs (C(OH)–C–C–N with tert-alkyl or cyclic N) is 1. The van der Waals surface area contributed by atoms with Gasteiger partial charge in [-0.1, -0.05) is 30.3 Å². The average molecular weight is 320 g/mol. The molecule has 3 rings (SSSR count). The Hall–Kier alpha value is -1.47. The molecule has 0 spiro atoms. The zero-order chi connectivity index (χ0) is 16.6. The van der Waals surface area contributed by atoms with Gasteiger partial charge in [-0.25, -0.2) is 0 Å². The Morgan fingerprint density at radius 3 is 2.61 bits per heavy atom. The zero-order valence-corrected chi connectivity index (χ0v) is 13.7. The lowest BCUT2D eigenvalue weighted by atomic mass is 9.92. The van der Waals surface area contributed by atoms with Crippen LogP contribution in [0.1, 0.15) is 19.4 Å². The van der Waals surface area contributed by atoms with Crippen molar-refractivity contribution >= 4 is 5.91 Å². The van der Waals surface area contributed by atoms with Crippen molar-refractivity contribution in [1.29, 1.82) is 0 Å². The molecule has 2 aliphatic rings. The fourth-order valence-corrected chi connectivity index (χ4v) is 3.47. The molecular formula is C17H24N2O4. The van der Waals surface area contributed by atoms with E-state index in [4.69, 9.17) is 9.47 Å². The Labute approximate surface area is 136 Å². The van der Waals surface area contributed by atoms with Crippen LogP contribution < -0.4 is 5.32 Å². The predicted octanol–water partition coefficient (Wildman–Crippen LogP) is 0.498. The van der Waals surface area contributed by atoms with Crippen LogP contribution in [0, 0.1) is 0 Å². The summed E-state index contributed by atoms with van der Waals surface area (Å²) in [5, 5.41) is 13.2. The van der Waals surface area contributed by atoms with Crippen LogP contribution in [0.25, 0.3) is 0 Å². The summed E-state index contributed by atoms with van der Waals surface area (Å²) < 4.78 is 11.8. The molecule has 1 aromatic carbocycles. The van der Waals surface area contributed by atoms with Crippen LogP contribution in [-0.2, 0) is 20.8 Å². The van der Waals surface area contributed by atoms with Gasteiger partial charge >= 0.3 is 0 Å². The molecule has 0 bridgehead atoms. The molecule has 2 heterocycles. The molecule has 0 radical (unpaired) electrons. The van der Waals surface area contributed by atoms with Crippen LogP contribution in [0.3, 0.4) is 0 Å². The molecule has 2 N–H and O–H groups in total. The first-order valence-electron chi connectivity index (χ1n) is 7.94. The number of nitrogens with zero attached hydrogens (tertiary/aromatic N) is 1. The highest BCUT2D eigenvalue weighted by Crippen LogP contribution is 2.37. The third kappa shape index (κ3) is 3.26. The van der Waals surface area contributed by atoms with E-state index in [0.717, 1.165) is 5.56 Å². The van der Waals surface area contributed by atoms with Gasteiger partial charge in [0.1, 0.15) is 18.2 Å². The number of carbonyl (C=O) groups excluding carboxylic acids is 1. The molecule has 6 nitrogen and oxygen atoms in total. The quantitative estimate of drug-likeness (QED) is 0.848. The minimum atomic E-state index is -0.800. The zero-order valence-electron chi connectivity index (χ0n) is 13.7. The van der Waals surface area contributed by atoms with Gasteiger partial charge in [0.05, 0.1) is 6.10 Å². The molecule has 2 saturated heterocycles. The van der Waals surface area contributed by atoms with Crippen molar-refractivity contribution in [3.05, 3.63) is 35.9 Å². The Bertz CT molecular complexity index is 563. The maximum absolute atomic E-state index is 12.5. The maximum atomic E-state index is 12.5. The highest BCUT2D eigenvalue weighted by atomic mass is 16.8. The molecule has 0 aliphatic carbocycles. The second-order valence-electron chi connectivity index (χ2n) is 6.61. The van der Waals surface area contributed by atoms with Crippen molar-refractivity contribution in [2.24, 2.45) is 0 Å². The third-order valence-electron chi connectivity index (χ3n) is 4.41. The number of amides is 1. The van der Waals surface area contributed by atoms with Gasteiger partial charge in [0, 0.05) is 20.1 Å². The first-order valence-corrected chi connectivity index (χ1v) is 7.94. The summed E-state index contributed by atoms with van der Waals surface area (Å²) in [6, 6.07) is 9.41. The van der Waals surface area contributed by atoms with Gasteiger partial charge in [-0.05, 0) is 19.4 Å². The lowest BCUT2D eigenvalue weighted by molar-refractivity contribution is -0.154. The number of likely N-dealkylation sites (N-methyl/N-ethyl adjacent to an activating group) is 1. The minimum absolute atomic E-state index is 0.121. The number of carbonyl (C=O) groups is 1.